The van der Waals surface area contributed by atoms with Gasteiger partial charge in [0.05, 0.1) is 15.7 Å². The second-order valence-electron chi connectivity index (χ2n) is 6.43. The van der Waals surface area contributed by atoms with Crippen molar-refractivity contribution in [2.75, 3.05) is 0 Å². The van der Waals surface area contributed by atoms with E-state index in [0.29, 0.717) is 0 Å². The lowest BCUT2D eigenvalue weighted by Gasteiger charge is -2.23. The summed E-state index contributed by atoms with van der Waals surface area (Å²) in [7, 11) is 0. The van der Waals surface area contributed by atoms with Crippen LogP contribution in [0.3, 0.4) is 0 Å². The van der Waals surface area contributed by atoms with Gasteiger partial charge in [-0.1, -0.05) is 23.2 Å². The van der Waals surface area contributed by atoms with Crippen molar-refractivity contribution < 1.29 is 18.6 Å². The average Bonchev–Trinajstić information content (AvgIpc) is 2.73. The minimum atomic E-state index is -1.40. The molecule has 2 heterocycles. The molecule has 1 unspecified atom stereocenters. The van der Waals surface area contributed by atoms with E-state index < -0.39 is 29.1 Å². The number of aliphatic hydroxyl groups is 1. The van der Waals surface area contributed by atoms with Gasteiger partial charge in [-0.25, -0.2) is 13.6 Å². The van der Waals surface area contributed by atoms with E-state index in [9.17, 15) is 23.5 Å². The smallest absolute Gasteiger partial charge is 0.332 e. The first-order valence-electron chi connectivity index (χ1n) is 8.63. The van der Waals surface area contributed by atoms with Crippen molar-refractivity contribution in [2.24, 2.45) is 5.10 Å². The topological polar surface area (TPSA) is 132 Å². The van der Waals surface area contributed by atoms with E-state index in [4.69, 9.17) is 33.2 Å². The largest absolute Gasteiger partial charge is 0.434 e. The number of aromatic amines is 1. The highest BCUT2D eigenvalue weighted by molar-refractivity contribution is 6.37. The SMILES string of the molecule is N#Cc1cn(-c2cc(Cl)c(OC3=NNC(O)c4cc(F)c(F)cc43)c(Cl)c2)c(=O)[nH]c1=O. The fourth-order valence-corrected chi connectivity index (χ4v) is 3.48. The molecule has 32 heavy (non-hydrogen) atoms. The summed E-state index contributed by atoms with van der Waals surface area (Å²) in [5, 5.41) is 22.5. The van der Waals surface area contributed by atoms with Crippen molar-refractivity contribution in [2.45, 2.75) is 6.23 Å². The highest BCUT2D eigenvalue weighted by Crippen LogP contribution is 2.36. The standard InChI is InChI=1S/C19H9Cl2F2N5O4/c20-11-1-8(28-6-7(5-24)16(29)25-19(28)31)2-12(21)15(11)32-18-10-4-14(23)13(22)3-9(10)17(30)26-27-18/h1-4,6,17,26,30H,(H,25,29,31). The molecule has 162 valence electrons. The van der Waals surface area contributed by atoms with Gasteiger partial charge in [0.25, 0.3) is 5.56 Å². The molecule has 3 aromatic rings. The van der Waals surface area contributed by atoms with Gasteiger partial charge in [0.1, 0.15) is 11.6 Å². The number of hydrogen-bond donors (Lipinski definition) is 3. The molecule has 0 aliphatic carbocycles. The van der Waals surface area contributed by atoms with Crippen molar-refractivity contribution in [3.8, 4) is 17.5 Å². The quantitative estimate of drug-likeness (QED) is 0.516. The fraction of sp³-hybridized carbons (Fsp3) is 0.0526. The summed E-state index contributed by atoms with van der Waals surface area (Å²) >= 11 is 12.5. The molecule has 0 bridgehead atoms. The van der Waals surface area contributed by atoms with Gasteiger partial charge in [-0.3, -0.25) is 19.8 Å². The van der Waals surface area contributed by atoms with Gasteiger partial charge in [-0.2, -0.15) is 5.26 Å². The Morgan fingerprint density at radius 3 is 2.47 bits per heavy atom. The van der Waals surface area contributed by atoms with E-state index in [1.54, 1.807) is 6.07 Å². The van der Waals surface area contributed by atoms with Gasteiger partial charge in [0.15, 0.2) is 23.6 Å². The van der Waals surface area contributed by atoms with Crippen molar-refractivity contribution in [3.63, 3.8) is 0 Å². The summed E-state index contributed by atoms with van der Waals surface area (Å²) in [6.07, 6.45) is -0.379. The molecule has 0 spiro atoms. The zero-order valence-corrected chi connectivity index (χ0v) is 17.0. The number of fused-ring (bicyclic) bond motifs is 1. The summed E-state index contributed by atoms with van der Waals surface area (Å²) in [6, 6.07) is 5.78. The van der Waals surface area contributed by atoms with E-state index in [2.05, 4.69) is 10.5 Å². The predicted molar refractivity (Wildman–Crippen MR) is 109 cm³/mol. The van der Waals surface area contributed by atoms with Gasteiger partial charge >= 0.3 is 5.69 Å². The van der Waals surface area contributed by atoms with Crippen LogP contribution >= 0.6 is 23.2 Å². The molecule has 0 radical (unpaired) electrons. The van der Waals surface area contributed by atoms with E-state index in [1.807, 2.05) is 4.98 Å². The maximum Gasteiger partial charge on any atom is 0.332 e. The summed E-state index contributed by atoms with van der Waals surface area (Å²) in [5.74, 6) is -2.75. The van der Waals surface area contributed by atoms with E-state index in [-0.39, 0.29) is 44.1 Å². The lowest BCUT2D eigenvalue weighted by molar-refractivity contribution is 0.136. The molecule has 1 aliphatic heterocycles. The number of nitrogens with zero attached hydrogens (tertiary/aromatic N) is 3. The summed E-state index contributed by atoms with van der Waals surface area (Å²) in [5.41, 5.74) is 0.332. The van der Waals surface area contributed by atoms with Crippen LogP contribution in [-0.2, 0) is 0 Å². The third kappa shape index (κ3) is 3.71. The molecule has 1 aliphatic rings. The average molecular weight is 480 g/mol. The zero-order valence-electron chi connectivity index (χ0n) is 15.5. The molecule has 3 N–H and O–H groups in total. The van der Waals surface area contributed by atoms with Crippen LogP contribution in [0.5, 0.6) is 5.75 Å². The van der Waals surface area contributed by atoms with Gasteiger partial charge < -0.3 is 9.84 Å². The number of rotatable bonds is 2. The van der Waals surface area contributed by atoms with E-state index in [1.165, 1.54) is 12.1 Å². The third-order valence-electron chi connectivity index (χ3n) is 4.43. The number of aromatic nitrogens is 2. The van der Waals surface area contributed by atoms with Crippen LogP contribution in [0, 0.1) is 23.0 Å². The molecular weight excluding hydrogens is 471 g/mol. The Hall–Kier alpha value is -3.72. The highest BCUT2D eigenvalue weighted by Gasteiger charge is 2.26. The molecule has 0 saturated carbocycles. The molecule has 0 amide bonds. The number of hydrazone groups is 1. The minimum absolute atomic E-state index is 0.0263. The van der Waals surface area contributed by atoms with E-state index >= 15 is 0 Å². The summed E-state index contributed by atoms with van der Waals surface area (Å²) < 4.78 is 33.9. The second-order valence-corrected chi connectivity index (χ2v) is 7.24. The Labute approximate surface area is 186 Å². The molecule has 4 rings (SSSR count). The number of H-pyrrole nitrogens is 1. The number of nitrogens with one attached hydrogen (secondary N) is 2. The number of halogens is 4. The van der Waals surface area contributed by atoms with Gasteiger partial charge in [0.2, 0.25) is 5.90 Å². The number of aliphatic hydroxyl groups excluding tert-OH is 1. The van der Waals surface area contributed by atoms with Crippen LogP contribution in [0.25, 0.3) is 5.69 Å². The van der Waals surface area contributed by atoms with E-state index in [0.717, 1.165) is 22.9 Å². The molecule has 13 heteroatoms. The van der Waals surface area contributed by atoms with Crippen molar-refractivity contribution in [3.05, 3.63) is 89.7 Å². The first-order chi connectivity index (χ1) is 15.2. The summed E-state index contributed by atoms with van der Waals surface area (Å²) in [4.78, 5) is 25.7. The Bertz CT molecular complexity index is 1440. The monoisotopic (exact) mass is 479 g/mol. The third-order valence-corrected chi connectivity index (χ3v) is 4.99. The normalized spacial score (nSPS) is 14.8. The number of benzene rings is 2. The van der Waals surface area contributed by atoms with Crippen LogP contribution in [-0.4, -0.2) is 20.6 Å². The highest BCUT2D eigenvalue weighted by atomic mass is 35.5. The van der Waals surface area contributed by atoms with Crippen molar-refractivity contribution >= 4 is 29.1 Å². The first-order valence-corrected chi connectivity index (χ1v) is 9.39. The Morgan fingerprint density at radius 2 is 1.81 bits per heavy atom. The molecule has 1 aromatic heterocycles. The maximum absolute atomic E-state index is 13.8. The number of nitriles is 1. The van der Waals surface area contributed by atoms with Crippen LogP contribution in [0.2, 0.25) is 10.0 Å². The van der Waals surface area contributed by atoms with Gasteiger partial charge in [-0.05, 0) is 24.3 Å². The molecule has 0 saturated heterocycles. The molecule has 1 atom stereocenters. The minimum Gasteiger partial charge on any atom is -0.434 e. The predicted octanol–water partition coefficient (Wildman–Crippen LogP) is 2.32. The Morgan fingerprint density at radius 1 is 1.16 bits per heavy atom. The first kappa shape index (κ1) is 21.5. The van der Waals surface area contributed by atoms with Crippen LogP contribution < -0.4 is 21.4 Å². The zero-order chi connectivity index (χ0) is 23.2. The molecule has 0 fully saturated rings. The lowest BCUT2D eigenvalue weighted by Crippen LogP contribution is -2.30. The van der Waals surface area contributed by atoms with Gasteiger partial charge in [-0.15, -0.1) is 5.10 Å². The Kier molecular flexibility index (Phi) is 5.43. The van der Waals surface area contributed by atoms with Crippen molar-refractivity contribution in [1.29, 1.82) is 5.26 Å². The second kappa shape index (κ2) is 8.08. The van der Waals surface area contributed by atoms with Crippen molar-refractivity contribution in [1.82, 2.24) is 15.0 Å². The molecule has 9 nitrogen and oxygen atoms in total. The Balaban J connectivity index is 1.76. The number of ether oxygens (including phenoxy) is 1. The maximum atomic E-state index is 13.8. The van der Waals surface area contributed by atoms with Crippen LogP contribution in [0.4, 0.5) is 8.78 Å². The molecule has 2 aromatic carbocycles. The number of hydrogen-bond acceptors (Lipinski definition) is 7. The van der Waals surface area contributed by atoms with Crippen LogP contribution in [0.15, 0.2) is 45.2 Å². The molecular formula is C19H9Cl2F2N5O4. The fourth-order valence-electron chi connectivity index (χ4n) is 2.92. The van der Waals surface area contributed by atoms with Crippen LogP contribution in [0.1, 0.15) is 22.9 Å². The van der Waals surface area contributed by atoms with Gasteiger partial charge in [0, 0.05) is 17.3 Å². The lowest BCUT2D eigenvalue weighted by atomic mass is 10.0. The summed E-state index contributed by atoms with van der Waals surface area (Å²) in [6.45, 7) is 0.